The number of likely N-dealkylation sites (tertiary alicyclic amines) is 1. The van der Waals surface area contributed by atoms with Crippen molar-refractivity contribution in [3.8, 4) is 0 Å². The van der Waals surface area contributed by atoms with Crippen molar-refractivity contribution in [2.45, 2.75) is 38.5 Å². The average Bonchev–Trinajstić information content (AvgIpc) is 2.72. The van der Waals surface area contributed by atoms with E-state index in [2.05, 4.69) is 10.2 Å². The van der Waals surface area contributed by atoms with E-state index < -0.39 is 18.0 Å². The standard InChI is InChI=1S/C21H26ClN3O4S2/c1-13(2)23-24-14(3)30-31-18-9-10-25(12-15(18)11-19(26)27)20(21(28)29-4)16-7-5-6-8-17(16)22/h5-8,11,18,20H,9-10,12H2,1-4H3,(H,26,27)/b15-11-,24-14+. The van der Waals surface area contributed by atoms with Crippen LogP contribution in [-0.4, -0.2) is 58.1 Å². The lowest BCUT2D eigenvalue weighted by Gasteiger charge is -2.37. The van der Waals surface area contributed by atoms with Gasteiger partial charge < -0.3 is 9.84 Å². The van der Waals surface area contributed by atoms with Crippen LogP contribution in [0.3, 0.4) is 0 Å². The number of benzene rings is 1. The first-order valence-electron chi connectivity index (χ1n) is 9.61. The number of carboxylic acid groups (broad SMARTS) is 1. The molecule has 2 atom stereocenters. The Bertz CT molecular complexity index is 900. The first-order valence-corrected chi connectivity index (χ1v) is 12.2. The number of carbonyl (C=O) groups is 2. The summed E-state index contributed by atoms with van der Waals surface area (Å²) < 4.78 is 5.03. The Morgan fingerprint density at radius 3 is 2.61 bits per heavy atom. The van der Waals surface area contributed by atoms with Crippen LogP contribution < -0.4 is 0 Å². The Morgan fingerprint density at radius 1 is 1.29 bits per heavy atom. The van der Waals surface area contributed by atoms with Gasteiger partial charge in [-0.3, -0.25) is 4.90 Å². The minimum absolute atomic E-state index is 0.0289. The van der Waals surface area contributed by atoms with Gasteiger partial charge in [0.25, 0.3) is 0 Å². The van der Waals surface area contributed by atoms with Crippen LogP contribution in [0.2, 0.25) is 5.02 Å². The SMILES string of the molecule is COC(=O)C(c1ccccc1Cl)N1CCC(SS/C(C)=N/N=C(C)C)/C(=C\C(=O)O)C1. The van der Waals surface area contributed by atoms with E-state index in [1.54, 1.807) is 29.0 Å². The maximum Gasteiger partial charge on any atom is 0.328 e. The van der Waals surface area contributed by atoms with Crippen LogP contribution >= 0.6 is 33.2 Å². The van der Waals surface area contributed by atoms with Gasteiger partial charge in [-0.25, -0.2) is 9.59 Å². The molecule has 7 nitrogen and oxygen atoms in total. The molecule has 1 aliphatic heterocycles. The van der Waals surface area contributed by atoms with Gasteiger partial charge in [0.2, 0.25) is 0 Å². The van der Waals surface area contributed by atoms with Gasteiger partial charge in [0, 0.05) is 35.1 Å². The molecule has 1 fully saturated rings. The molecule has 10 heteroatoms. The van der Waals surface area contributed by atoms with Gasteiger partial charge in [-0.1, -0.05) is 40.6 Å². The van der Waals surface area contributed by atoms with E-state index in [0.717, 1.165) is 16.3 Å². The number of carbonyl (C=O) groups excluding carboxylic acids is 1. The number of nitrogens with zero attached hydrogens (tertiary/aromatic N) is 3. The Labute approximate surface area is 195 Å². The van der Waals surface area contributed by atoms with E-state index in [9.17, 15) is 14.7 Å². The maximum atomic E-state index is 12.6. The van der Waals surface area contributed by atoms with Crippen LogP contribution in [0.25, 0.3) is 0 Å². The Morgan fingerprint density at radius 2 is 2.00 bits per heavy atom. The van der Waals surface area contributed by atoms with Crippen LogP contribution in [0, 0.1) is 0 Å². The molecule has 0 bridgehead atoms. The number of ether oxygens (including phenoxy) is 1. The molecule has 31 heavy (non-hydrogen) atoms. The summed E-state index contributed by atoms with van der Waals surface area (Å²) in [5.74, 6) is -1.45. The minimum Gasteiger partial charge on any atom is -0.478 e. The van der Waals surface area contributed by atoms with Crippen molar-refractivity contribution in [2.24, 2.45) is 10.2 Å². The lowest BCUT2D eigenvalue weighted by atomic mass is 9.98. The molecule has 2 unspecified atom stereocenters. The monoisotopic (exact) mass is 483 g/mol. The minimum atomic E-state index is -1.02. The molecule has 1 aromatic rings. The Balaban J connectivity index is 2.23. The molecule has 168 valence electrons. The number of aliphatic carboxylic acids is 1. The number of hydrogen-bond acceptors (Lipinski definition) is 8. The average molecular weight is 484 g/mol. The van der Waals surface area contributed by atoms with Gasteiger partial charge in [0.05, 0.1) is 7.11 Å². The fourth-order valence-corrected chi connectivity index (χ4v) is 5.67. The molecule has 1 N–H and O–H groups in total. The highest BCUT2D eigenvalue weighted by Crippen LogP contribution is 2.39. The highest BCUT2D eigenvalue weighted by atomic mass is 35.5. The summed E-state index contributed by atoms with van der Waals surface area (Å²) in [4.78, 5) is 26.0. The first kappa shape index (κ1) is 25.5. The topological polar surface area (TPSA) is 91.6 Å². The van der Waals surface area contributed by atoms with Gasteiger partial charge in [-0.15, -0.1) is 5.10 Å². The zero-order valence-electron chi connectivity index (χ0n) is 17.9. The van der Waals surface area contributed by atoms with Gasteiger partial charge in [-0.2, -0.15) is 5.10 Å². The molecule has 0 amide bonds. The molecule has 0 saturated carbocycles. The molecule has 1 heterocycles. The van der Waals surface area contributed by atoms with Crippen LogP contribution in [0.4, 0.5) is 0 Å². The summed E-state index contributed by atoms with van der Waals surface area (Å²) in [6.45, 7) is 6.51. The second-order valence-electron chi connectivity index (χ2n) is 7.10. The zero-order chi connectivity index (χ0) is 23.0. The smallest absolute Gasteiger partial charge is 0.328 e. The Hall–Kier alpha value is -1.81. The van der Waals surface area contributed by atoms with Crippen molar-refractivity contribution >= 4 is 55.9 Å². The molecule has 1 aromatic carbocycles. The van der Waals surface area contributed by atoms with Crippen molar-refractivity contribution < 1.29 is 19.4 Å². The highest BCUT2D eigenvalue weighted by Gasteiger charge is 2.35. The number of esters is 1. The van der Waals surface area contributed by atoms with Crippen molar-refractivity contribution in [2.75, 3.05) is 20.2 Å². The molecule has 1 aliphatic rings. The number of halogens is 1. The van der Waals surface area contributed by atoms with E-state index >= 15 is 0 Å². The fourth-order valence-electron chi connectivity index (χ4n) is 3.11. The number of rotatable bonds is 7. The molecule has 0 radical (unpaired) electrons. The van der Waals surface area contributed by atoms with Crippen molar-refractivity contribution in [1.29, 1.82) is 0 Å². The van der Waals surface area contributed by atoms with E-state index in [0.29, 0.717) is 30.1 Å². The van der Waals surface area contributed by atoms with Gasteiger partial charge >= 0.3 is 11.9 Å². The van der Waals surface area contributed by atoms with Crippen LogP contribution in [0.1, 0.15) is 38.8 Å². The molecular formula is C21H26ClN3O4S2. The van der Waals surface area contributed by atoms with E-state index in [1.807, 2.05) is 31.7 Å². The second-order valence-corrected chi connectivity index (χ2v) is 10.1. The third kappa shape index (κ3) is 7.68. The summed E-state index contributed by atoms with van der Waals surface area (Å²) >= 11 is 6.35. The summed E-state index contributed by atoms with van der Waals surface area (Å²) in [6, 6.07) is 6.41. The first-order chi connectivity index (χ1) is 14.7. The summed E-state index contributed by atoms with van der Waals surface area (Å²) in [5, 5.41) is 18.8. The molecular weight excluding hydrogens is 458 g/mol. The van der Waals surface area contributed by atoms with Crippen molar-refractivity contribution in [3.05, 3.63) is 46.5 Å². The lowest BCUT2D eigenvalue weighted by Crippen LogP contribution is -2.42. The van der Waals surface area contributed by atoms with Gasteiger partial charge in [0.15, 0.2) is 0 Å². The van der Waals surface area contributed by atoms with Crippen LogP contribution in [-0.2, 0) is 14.3 Å². The number of piperidine rings is 1. The third-order valence-electron chi connectivity index (χ3n) is 4.45. The molecule has 0 aliphatic carbocycles. The fraction of sp³-hybridized carbons (Fsp3) is 0.429. The number of carboxylic acids is 1. The largest absolute Gasteiger partial charge is 0.478 e. The quantitative estimate of drug-likeness (QED) is 0.148. The van der Waals surface area contributed by atoms with Crippen molar-refractivity contribution in [1.82, 2.24) is 4.90 Å². The highest BCUT2D eigenvalue weighted by molar-refractivity contribution is 8.82. The second kappa shape index (κ2) is 12.3. The number of hydrogen-bond donors (Lipinski definition) is 1. The molecule has 0 spiro atoms. The van der Waals surface area contributed by atoms with E-state index in [1.165, 1.54) is 24.0 Å². The normalized spacial score (nSPS) is 19.7. The summed E-state index contributed by atoms with van der Waals surface area (Å²) in [6.07, 6.45) is 1.89. The molecule has 0 aromatic heterocycles. The van der Waals surface area contributed by atoms with Crippen LogP contribution in [0.15, 0.2) is 46.1 Å². The summed E-state index contributed by atoms with van der Waals surface area (Å²) in [7, 11) is 4.36. The lowest BCUT2D eigenvalue weighted by molar-refractivity contribution is -0.147. The Kier molecular flexibility index (Phi) is 10.1. The maximum absolute atomic E-state index is 12.6. The predicted octanol–water partition coefficient (Wildman–Crippen LogP) is 4.84. The number of methoxy groups -OCH3 is 1. The van der Waals surface area contributed by atoms with Gasteiger partial charge in [-0.05, 0) is 55.2 Å². The van der Waals surface area contributed by atoms with Crippen LogP contribution in [0.5, 0.6) is 0 Å². The molecule has 2 rings (SSSR count). The van der Waals surface area contributed by atoms with E-state index in [-0.39, 0.29) is 5.25 Å². The van der Waals surface area contributed by atoms with Gasteiger partial charge in [0.1, 0.15) is 11.1 Å². The zero-order valence-corrected chi connectivity index (χ0v) is 20.3. The van der Waals surface area contributed by atoms with E-state index in [4.69, 9.17) is 16.3 Å². The predicted molar refractivity (Wildman–Crippen MR) is 129 cm³/mol. The van der Waals surface area contributed by atoms with Crippen molar-refractivity contribution in [3.63, 3.8) is 0 Å². The summed E-state index contributed by atoms with van der Waals surface area (Å²) in [5.41, 5.74) is 2.22. The molecule has 1 saturated heterocycles. The third-order valence-corrected chi connectivity index (χ3v) is 7.69.